The molecule has 6 heteroatoms. The Balaban J connectivity index is 1.97. The average Bonchev–Trinajstić information content (AvgIpc) is 3.10. The van der Waals surface area contributed by atoms with Gasteiger partial charge in [-0.3, -0.25) is 0 Å². The van der Waals surface area contributed by atoms with Gasteiger partial charge in [0.15, 0.2) is 5.82 Å². The van der Waals surface area contributed by atoms with Gasteiger partial charge in [0.2, 0.25) is 4.77 Å². The Hall–Kier alpha value is -2.05. The van der Waals surface area contributed by atoms with Crippen LogP contribution in [-0.2, 0) is 5.41 Å². The van der Waals surface area contributed by atoms with Crippen LogP contribution in [0.25, 0.3) is 11.4 Å². The number of H-pyrrole nitrogens is 1. The summed E-state index contributed by atoms with van der Waals surface area (Å²) in [6.07, 6.45) is 1.83. The van der Waals surface area contributed by atoms with Crippen LogP contribution < -0.4 is 0 Å². The van der Waals surface area contributed by atoms with Gasteiger partial charge in [0.25, 0.3) is 0 Å². The Morgan fingerprint density at radius 2 is 1.92 bits per heavy atom. The van der Waals surface area contributed by atoms with Crippen LogP contribution in [0.15, 0.2) is 40.8 Å². The van der Waals surface area contributed by atoms with Crippen LogP contribution in [0.1, 0.15) is 36.8 Å². The summed E-state index contributed by atoms with van der Waals surface area (Å²) in [6, 6.07) is 10.5. The first kappa shape index (κ1) is 16.8. The van der Waals surface area contributed by atoms with Crippen molar-refractivity contribution in [3.05, 3.63) is 56.5 Å². The maximum absolute atomic E-state index is 5.32. The van der Waals surface area contributed by atoms with Crippen molar-refractivity contribution in [2.75, 3.05) is 0 Å². The fourth-order valence-electron chi connectivity index (χ4n) is 2.33. The first-order valence-corrected chi connectivity index (χ1v) is 9.02. The van der Waals surface area contributed by atoms with E-state index < -0.39 is 0 Å². The number of nitrogens with one attached hydrogen (secondary N) is 1. The molecule has 1 N–H and O–H groups in total. The van der Waals surface area contributed by atoms with E-state index in [0.29, 0.717) is 10.6 Å². The number of nitrogens with zero attached hydrogens (tertiary/aromatic N) is 3. The second-order valence-electron chi connectivity index (χ2n) is 6.70. The third-order valence-electron chi connectivity index (χ3n) is 3.85. The van der Waals surface area contributed by atoms with Crippen LogP contribution >= 0.6 is 23.6 Å². The Morgan fingerprint density at radius 1 is 1.21 bits per heavy atom. The molecule has 0 fully saturated rings. The van der Waals surface area contributed by atoms with E-state index in [2.05, 4.69) is 78.7 Å². The molecule has 0 aliphatic rings. The highest BCUT2D eigenvalue weighted by Gasteiger charge is 2.14. The minimum atomic E-state index is 0.123. The first-order valence-electron chi connectivity index (χ1n) is 7.73. The lowest BCUT2D eigenvalue weighted by molar-refractivity contribution is 0.590. The number of hydrogen-bond acceptors (Lipinski definition) is 4. The second-order valence-corrected chi connectivity index (χ2v) is 8.04. The fraction of sp³-hybridized carbons (Fsp3) is 0.278. The maximum Gasteiger partial charge on any atom is 0.216 e. The molecule has 0 spiro atoms. The summed E-state index contributed by atoms with van der Waals surface area (Å²) in [5.74, 6) is 0.714. The molecule has 0 unspecified atom stereocenters. The van der Waals surface area contributed by atoms with Gasteiger partial charge in [0.1, 0.15) is 0 Å². The third-order valence-corrected chi connectivity index (χ3v) is 5.07. The lowest BCUT2D eigenvalue weighted by Crippen LogP contribution is -2.10. The summed E-state index contributed by atoms with van der Waals surface area (Å²) >= 11 is 6.98. The normalized spacial score (nSPS) is 12.2. The minimum Gasteiger partial charge on any atom is -0.250 e. The molecule has 24 heavy (non-hydrogen) atoms. The number of aromatic nitrogens is 3. The van der Waals surface area contributed by atoms with Crippen LogP contribution in [0.2, 0.25) is 0 Å². The maximum atomic E-state index is 5.32. The van der Waals surface area contributed by atoms with Gasteiger partial charge in [-0.1, -0.05) is 45.0 Å². The molecule has 1 aromatic carbocycles. The fourth-order valence-corrected chi connectivity index (χ4v) is 3.29. The van der Waals surface area contributed by atoms with Gasteiger partial charge in [-0.05, 0) is 47.1 Å². The molecular weight excluding hydrogens is 336 g/mol. The second kappa shape index (κ2) is 6.45. The third kappa shape index (κ3) is 3.39. The SMILES string of the molecule is Cc1ccsc1C=Nn1c(-c2ccc(C(C)(C)C)cc2)n[nH]c1=S. The summed E-state index contributed by atoms with van der Waals surface area (Å²) in [5.41, 5.74) is 3.59. The summed E-state index contributed by atoms with van der Waals surface area (Å²) < 4.78 is 2.15. The van der Waals surface area contributed by atoms with Crippen LogP contribution in [0.4, 0.5) is 0 Å². The van der Waals surface area contributed by atoms with Crippen LogP contribution in [0.5, 0.6) is 0 Å². The van der Waals surface area contributed by atoms with Gasteiger partial charge < -0.3 is 0 Å². The standard InChI is InChI=1S/C18H20N4S2/c1-12-9-10-24-15(12)11-19-22-16(20-21-17(22)23)13-5-7-14(8-6-13)18(2,3)4/h5-11H,1-4H3,(H,21,23). The number of thiophene rings is 1. The van der Waals surface area contributed by atoms with Crippen molar-refractivity contribution in [1.29, 1.82) is 0 Å². The van der Waals surface area contributed by atoms with E-state index in [-0.39, 0.29) is 5.41 Å². The van der Waals surface area contributed by atoms with Gasteiger partial charge >= 0.3 is 0 Å². The number of benzene rings is 1. The highest BCUT2D eigenvalue weighted by atomic mass is 32.1. The molecule has 2 heterocycles. The van der Waals surface area contributed by atoms with Crippen molar-refractivity contribution >= 4 is 29.8 Å². The molecule has 0 saturated carbocycles. The number of rotatable bonds is 3. The molecule has 3 rings (SSSR count). The van der Waals surface area contributed by atoms with E-state index in [4.69, 9.17) is 12.2 Å². The highest BCUT2D eigenvalue weighted by molar-refractivity contribution is 7.71. The van der Waals surface area contributed by atoms with Crippen LogP contribution in [0.3, 0.4) is 0 Å². The van der Waals surface area contributed by atoms with Crippen molar-refractivity contribution in [3.8, 4) is 11.4 Å². The van der Waals surface area contributed by atoms with Gasteiger partial charge in [-0.2, -0.15) is 14.9 Å². The summed E-state index contributed by atoms with van der Waals surface area (Å²) in [5, 5.41) is 13.7. The van der Waals surface area contributed by atoms with Crippen molar-refractivity contribution in [1.82, 2.24) is 14.9 Å². The lowest BCUT2D eigenvalue weighted by atomic mass is 9.87. The van der Waals surface area contributed by atoms with Gasteiger partial charge in [0.05, 0.1) is 11.1 Å². The zero-order valence-corrected chi connectivity index (χ0v) is 15.8. The zero-order chi connectivity index (χ0) is 17.3. The molecule has 0 aliphatic heterocycles. The quantitative estimate of drug-likeness (QED) is 0.520. The highest BCUT2D eigenvalue weighted by Crippen LogP contribution is 2.25. The zero-order valence-electron chi connectivity index (χ0n) is 14.2. The first-order chi connectivity index (χ1) is 11.4. The molecule has 0 aliphatic carbocycles. The Kier molecular flexibility index (Phi) is 4.51. The number of hydrogen-bond donors (Lipinski definition) is 1. The van der Waals surface area contributed by atoms with Crippen molar-refractivity contribution in [2.45, 2.75) is 33.1 Å². The number of aromatic amines is 1. The monoisotopic (exact) mass is 356 g/mol. The summed E-state index contributed by atoms with van der Waals surface area (Å²) in [6.45, 7) is 8.67. The molecular formula is C18H20N4S2. The molecule has 0 bridgehead atoms. The van der Waals surface area contributed by atoms with Gasteiger partial charge in [-0.15, -0.1) is 11.3 Å². The van der Waals surface area contributed by atoms with Crippen molar-refractivity contribution in [2.24, 2.45) is 5.10 Å². The van der Waals surface area contributed by atoms with E-state index in [9.17, 15) is 0 Å². The van der Waals surface area contributed by atoms with Crippen LogP contribution in [-0.4, -0.2) is 21.1 Å². The predicted octanol–water partition coefficient (Wildman–Crippen LogP) is 5.16. The predicted molar refractivity (Wildman–Crippen MR) is 104 cm³/mol. The summed E-state index contributed by atoms with van der Waals surface area (Å²) in [7, 11) is 0. The molecule has 0 radical (unpaired) electrons. The molecule has 4 nitrogen and oxygen atoms in total. The Morgan fingerprint density at radius 3 is 2.50 bits per heavy atom. The molecule has 3 aromatic rings. The molecule has 2 aromatic heterocycles. The number of aryl methyl sites for hydroxylation is 1. The topological polar surface area (TPSA) is 46.0 Å². The summed E-state index contributed by atoms with van der Waals surface area (Å²) in [4.78, 5) is 1.12. The van der Waals surface area contributed by atoms with E-state index in [1.54, 1.807) is 16.0 Å². The van der Waals surface area contributed by atoms with Gasteiger partial charge in [-0.25, -0.2) is 5.10 Å². The molecule has 124 valence electrons. The lowest BCUT2D eigenvalue weighted by Gasteiger charge is -2.18. The Bertz CT molecular complexity index is 921. The molecule has 0 amide bonds. The van der Waals surface area contributed by atoms with Gasteiger partial charge in [0, 0.05) is 5.56 Å². The van der Waals surface area contributed by atoms with Crippen molar-refractivity contribution in [3.63, 3.8) is 0 Å². The van der Waals surface area contributed by atoms with E-state index >= 15 is 0 Å². The van der Waals surface area contributed by atoms with E-state index in [0.717, 1.165) is 10.4 Å². The van der Waals surface area contributed by atoms with Crippen LogP contribution in [0, 0.1) is 11.7 Å². The minimum absolute atomic E-state index is 0.123. The average molecular weight is 357 g/mol. The van der Waals surface area contributed by atoms with Crippen molar-refractivity contribution < 1.29 is 0 Å². The Labute approximate surface area is 150 Å². The molecule has 0 saturated heterocycles. The van der Waals surface area contributed by atoms with E-state index in [1.807, 2.05) is 6.21 Å². The largest absolute Gasteiger partial charge is 0.250 e. The molecule has 0 atom stereocenters. The van der Waals surface area contributed by atoms with E-state index in [1.165, 1.54) is 11.1 Å². The smallest absolute Gasteiger partial charge is 0.216 e.